The predicted molar refractivity (Wildman–Crippen MR) is 191 cm³/mol. The number of hydrogen-bond acceptors (Lipinski definition) is 5. The van der Waals surface area contributed by atoms with Crippen LogP contribution in [-0.4, -0.2) is 85.5 Å². The van der Waals surface area contributed by atoms with E-state index in [1.165, 1.54) is 4.90 Å². The third-order valence-corrected chi connectivity index (χ3v) is 9.22. The van der Waals surface area contributed by atoms with Gasteiger partial charge in [-0.25, -0.2) is 0 Å². The Labute approximate surface area is 284 Å². The Hall–Kier alpha value is -4.53. The number of carbonyl (C=O) groups excluding carboxylic acids is 3. The lowest BCUT2D eigenvalue weighted by Crippen LogP contribution is -2.57. The maximum Gasteiger partial charge on any atom is 0.249 e. The molecule has 0 spiro atoms. The van der Waals surface area contributed by atoms with Crippen molar-refractivity contribution >= 4 is 28.5 Å². The molecule has 1 aliphatic rings. The van der Waals surface area contributed by atoms with E-state index in [-0.39, 0.29) is 30.4 Å². The zero-order chi connectivity index (χ0) is 33.7. The summed E-state index contributed by atoms with van der Waals surface area (Å²) < 4.78 is 5.86. The first-order valence-electron chi connectivity index (χ1n) is 17.1. The number of benzene rings is 4. The first kappa shape index (κ1) is 34.8. The molecule has 0 saturated carbocycles. The molecule has 0 aromatic heterocycles. The molecule has 1 aliphatic heterocycles. The summed E-state index contributed by atoms with van der Waals surface area (Å²) in [5.74, 6) is -0.748. The average Bonchev–Trinajstić information content (AvgIpc) is 3.64. The molecule has 3 amide bonds. The fourth-order valence-corrected chi connectivity index (χ4v) is 6.48. The number of ether oxygens (including phenoxy) is 1. The summed E-state index contributed by atoms with van der Waals surface area (Å²) in [6.07, 6.45) is 3.46. The van der Waals surface area contributed by atoms with Gasteiger partial charge in [0.15, 0.2) is 0 Å². The second-order valence-corrected chi connectivity index (χ2v) is 12.6. The van der Waals surface area contributed by atoms with E-state index in [0.29, 0.717) is 39.0 Å². The second-order valence-electron chi connectivity index (χ2n) is 12.6. The smallest absolute Gasteiger partial charge is 0.249 e. The number of fused-ring (bicyclic) bond motifs is 1. The Morgan fingerprint density at radius 1 is 0.833 bits per heavy atom. The maximum absolute atomic E-state index is 14.6. The summed E-state index contributed by atoms with van der Waals surface area (Å²) in [5, 5.41) is 8.64. The monoisotopic (exact) mass is 648 g/mol. The molecule has 0 aliphatic carbocycles. The van der Waals surface area contributed by atoms with Gasteiger partial charge in [0.2, 0.25) is 17.7 Å². The molecular weight excluding hydrogens is 600 g/mol. The number of nitrogens with zero attached hydrogens (tertiary/aromatic N) is 2. The fraction of sp³-hybridized carbons (Fsp3) is 0.375. The minimum absolute atomic E-state index is 0.106. The highest BCUT2D eigenvalue weighted by Crippen LogP contribution is 2.21. The minimum atomic E-state index is -0.822. The van der Waals surface area contributed by atoms with Crippen molar-refractivity contribution in [2.24, 2.45) is 0 Å². The topological polar surface area (TPSA) is 91.0 Å². The predicted octanol–water partition coefficient (Wildman–Crippen LogP) is 4.80. The van der Waals surface area contributed by atoms with Crippen molar-refractivity contribution in [3.8, 4) is 0 Å². The van der Waals surface area contributed by atoms with Gasteiger partial charge >= 0.3 is 0 Å². The molecule has 2 N–H and O–H groups in total. The Morgan fingerprint density at radius 3 is 2.19 bits per heavy atom. The minimum Gasteiger partial charge on any atom is -0.370 e. The lowest BCUT2D eigenvalue weighted by atomic mass is 9.98. The summed E-state index contributed by atoms with van der Waals surface area (Å²) in [6.45, 7) is 3.97. The molecule has 0 bridgehead atoms. The van der Waals surface area contributed by atoms with Crippen molar-refractivity contribution in [3.05, 3.63) is 120 Å². The summed E-state index contributed by atoms with van der Waals surface area (Å²) in [5.41, 5.74) is 3.01. The Morgan fingerprint density at radius 2 is 1.50 bits per heavy atom. The third-order valence-electron chi connectivity index (χ3n) is 9.22. The van der Waals surface area contributed by atoms with Crippen molar-refractivity contribution in [1.29, 1.82) is 0 Å². The van der Waals surface area contributed by atoms with E-state index in [0.717, 1.165) is 46.8 Å². The molecule has 1 heterocycles. The van der Waals surface area contributed by atoms with Crippen LogP contribution in [-0.2, 0) is 38.4 Å². The highest BCUT2D eigenvalue weighted by atomic mass is 16.5. The Kier molecular flexibility index (Phi) is 12.7. The van der Waals surface area contributed by atoms with E-state index in [1.807, 2.05) is 97.9 Å². The molecular formula is C40H48N4O4. The van der Waals surface area contributed by atoms with Crippen molar-refractivity contribution in [3.63, 3.8) is 0 Å². The zero-order valence-electron chi connectivity index (χ0n) is 28.1. The average molecular weight is 649 g/mol. The van der Waals surface area contributed by atoms with Gasteiger partial charge in [-0.3, -0.25) is 14.4 Å². The SMILES string of the molecule is CCN(C(=O)COCC1CCCN1)[C@H](Cc1ccc2ccccc2c1)C(=O)N(C)C(Cc1ccccc1)C(=O)NCCc1ccccc1. The van der Waals surface area contributed by atoms with Crippen LogP contribution in [0.25, 0.3) is 10.8 Å². The van der Waals surface area contributed by atoms with Crippen LogP contribution in [0.4, 0.5) is 0 Å². The van der Waals surface area contributed by atoms with Crippen molar-refractivity contribution < 1.29 is 19.1 Å². The highest BCUT2D eigenvalue weighted by molar-refractivity contribution is 5.93. The molecule has 48 heavy (non-hydrogen) atoms. The van der Waals surface area contributed by atoms with Gasteiger partial charge in [-0.05, 0) is 60.2 Å². The standard InChI is InChI=1S/C40H48N4O4/c1-3-44(38(45)29-48-28-35-19-12-23-41-35)37(27-32-20-21-33-17-10-11-18-34(33)25-32)40(47)43(2)36(26-31-15-8-5-9-16-31)39(46)42-24-22-30-13-6-4-7-14-30/h4-11,13-18,20-21,25,35-37,41H,3,12,19,22-24,26-29H2,1-2H3,(H,42,46)/t35?,36?,37-/m1/s1. The third kappa shape index (κ3) is 9.52. The molecule has 4 aromatic carbocycles. The molecule has 4 aromatic rings. The summed E-state index contributed by atoms with van der Waals surface area (Å²) in [6, 6.07) is 32.6. The number of nitrogens with one attached hydrogen (secondary N) is 2. The number of rotatable bonds is 16. The molecule has 252 valence electrons. The van der Waals surface area contributed by atoms with E-state index < -0.39 is 12.1 Å². The van der Waals surface area contributed by atoms with E-state index in [4.69, 9.17) is 4.74 Å². The first-order chi connectivity index (χ1) is 23.4. The second kappa shape index (κ2) is 17.6. The number of likely N-dealkylation sites (N-methyl/N-ethyl adjacent to an activating group) is 2. The van der Waals surface area contributed by atoms with Crippen LogP contribution in [0, 0.1) is 0 Å². The van der Waals surface area contributed by atoms with Crippen molar-refractivity contribution in [2.45, 2.75) is 57.2 Å². The fourth-order valence-electron chi connectivity index (χ4n) is 6.48. The molecule has 3 atom stereocenters. The lowest BCUT2D eigenvalue weighted by Gasteiger charge is -2.36. The van der Waals surface area contributed by atoms with Gasteiger partial charge in [0.05, 0.1) is 6.61 Å². The molecule has 1 fully saturated rings. The van der Waals surface area contributed by atoms with E-state index in [9.17, 15) is 14.4 Å². The van der Waals surface area contributed by atoms with Gasteiger partial charge < -0.3 is 25.2 Å². The summed E-state index contributed by atoms with van der Waals surface area (Å²) in [4.78, 5) is 45.3. The normalized spacial score (nSPS) is 15.5. The molecule has 1 saturated heterocycles. The van der Waals surface area contributed by atoms with E-state index >= 15 is 0 Å². The Bertz CT molecular complexity index is 1620. The zero-order valence-corrected chi connectivity index (χ0v) is 28.1. The molecule has 8 heteroatoms. The van der Waals surface area contributed by atoms with Crippen LogP contribution < -0.4 is 10.6 Å². The highest BCUT2D eigenvalue weighted by Gasteiger charge is 2.36. The molecule has 0 radical (unpaired) electrons. The van der Waals surface area contributed by atoms with Gasteiger partial charge in [-0.15, -0.1) is 0 Å². The van der Waals surface area contributed by atoms with E-state index in [1.54, 1.807) is 11.9 Å². The first-order valence-corrected chi connectivity index (χ1v) is 17.1. The quantitative estimate of drug-likeness (QED) is 0.182. The maximum atomic E-state index is 14.6. The van der Waals surface area contributed by atoms with Gasteiger partial charge in [0, 0.05) is 39.0 Å². The number of amides is 3. The molecule has 2 unspecified atom stereocenters. The van der Waals surface area contributed by atoms with Crippen molar-refractivity contribution in [1.82, 2.24) is 20.4 Å². The summed E-state index contributed by atoms with van der Waals surface area (Å²) >= 11 is 0. The van der Waals surface area contributed by atoms with Crippen LogP contribution in [0.2, 0.25) is 0 Å². The lowest BCUT2D eigenvalue weighted by molar-refractivity contribution is -0.150. The van der Waals surface area contributed by atoms with Gasteiger partial charge in [-0.1, -0.05) is 103 Å². The van der Waals surface area contributed by atoms with Crippen LogP contribution in [0.5, 0.6) is 0 Å². The Balaban J connectivity index is 1.38. The van der Waals surface area contributed by atoms with E-state index in [2.05, 4.69) is 22.8 Å². The van der Waals surface area contributed by atoms with Crippen LogP contribution in [0.15, 0.2) is 103 Å². The van der Waals surface area contributed by atoms with Gasteiger partial charge in [-0.2, -0.15) is 0 Å². The number of carbonyl (C=O) groups is 3. The van der Waals surface area contributed by atoms with Crippen LogP contribution in [0.1, 0.15) is 36.5 Å². The number of hydrogen-bond donors (Lipinski definition) is 2. The van der Waals surface area contributed by atoms with Crippen LogP contribution >= 0.6 is 0 Å². The molecule has 5 rings (SSSR count). The largest absolute Gasteiger partial charge is 0.370 e. The van der Waals surface area contributed by atoms with Gasteiger partial charge in [0.1, 0.15) is 18.7 Å². The van der Waals surface area contributed by atoms with Crippen LogP contribution in [0.3, 0.4) is 0 Å². The van der Waals surface area contributed by atoms with Gasteiger partial charge in [0.25, 0.3) is 0 Å². The summed E-state index contributed by atoms with van der Waals surface area (Å²) in [7, 11) is 1.68. The van der Waals surface area contributed by atoms with Crippen molar-refractivity contribution in [2.75, 3.05) is 39.9 Å². The molecule has 8 nitrogen and oxygen atoms in total.